The molecule has 15 heavy (non-hydrogen) atoms. The zero-order chi connectivity index (χ0) is 11.3. The van der Waals surface area contributed by atoms with E-state index >= 15 is 0 Å². The van der Waals surface area contributed by atoms with Crippen LogP contribution in [0, 0.1) is 0 Å². The summed E-state index contributed by atoms with van der Waals surface area (Å²) in [6.07, 6.45) is 6.00. The minimum Gasteiger partial charge on any atom is -0.301 e. The largest absolute Gasteiger partial charge is 0.301 e. The summed E-state index contributed by atoms with van der Waals surface area (Å²) >= 11 is 0. The monoisotopic (exact) mass is 234 g/mol. The lowest BCUT2D eigenvalue weighted by atomic mass is 10.0. The maximum Gasteiger partial charge on any atom is 0.208 e. The molecule has 1 rings (SSSR count). The van der Waals surface area contributed by atoms with Gasteiger partial charge in [0.1, 0.15) is 0 Å². The molecule has 0 bridgehead atoms. The number of hydrogen-bond acceptors (Lipinski definition) is 3. The van der Waals surface area contributed by atoms with E-state index in [-0.39, 0.29) is 0 Å². The highest BCUT2D eigenvalue weighted by atomic mass is 32.2. The summed E-state index contributed by atoms with van der Waals surface area (Å²) in [6, 6.07) is 0.664. The first-order chi connectivity index (χ1) is 6.99. The number of piperidine rings is 1. The number of likely N-dealkylation sites (tertiary alicyclic amines) is 1. The van der Waals surface area contributed by atoms with E-state index in [2.05, 4.69) is 16.5 Å². The Morgan fingerprint density at radius 1 is 1.40 bits per heavy atom. The van der Waals surface area contributed by atoms with Gasteiger partial charge in [-0.2, -0.15) is 0 Å². The number of nitrogens with one attached hydrogen (secondary N) is 1. The lowest BCUT2D eigenvalue weighted by Crippen LogP contribution is -2.39. The molecule has 5 heteroatoms. The summed E-state index contributed by atoms with van der Waals surface area (Å²) in [5.74, 6) is 0. The summed E-state index contributed by atoms with van der Waals surface area (Å²) in [6.45, 7) is 4.98. The van der Waals surface area contributed by atoms with Crippen molar-refractivity contribution in [2.24, 2.45) is 0 Å². The zero-order valence-electron chi connectivity index (χ0n) is 9.70. The van der Waals surface area contributed by atoms with Crippen molar-refractivity contribution in [2.75, 3.05) is 25.9 Å². The topological polar surface area (TPSA) is 49.4 Å². The van der Waals surface area contributed by atoms with Crippen LogP contribution < -0.4 is 4.72 Å². The van der Waals surface area contributed by atoms with E-state index in [1.165, 1.54) is 32.1 Å². The summed E-state index contributed by atoms with van der Waals surface area (Å²) in [7, 11) is -3.01. The molecule has 1 aliphatic rings. The molecular formula is C10H22N2O2S. The minimum atomic E-state index is -3.01. The molecule has 90 valence electrons. The average Bonchev–Trinajstić information content (AvgIpc) is 2.13. The molecule has 1 N–H and O–H groups in total. The molecule has 0 aromatic heterocycles. The third-order valence-electron chi connectivity index (χ3n) is 2.93. The van der Waals surface area contributed by atoms with Gasteiger partial charge in [0.15, 0.2) is 0 Å². The second-order valence-corrected chi connectivity index (χ2v) is 6.23. The van der Waals surface area contributed by atoms with E-state index < -0.39 is 10.0 Å². The average molecular weight is 234 g/mol. The van der Waals surface area contributed by atoms with Gasteiger partial charge in [0, 0.05) is 12.6 Å². The molecule has 0 aliphatic carbocycles. The van der Waals surface area contributed by atoms with Crippen LogP contribution in [0.3, 0.4) is 0 Å². The van der Waals surface area contributed by atoms with Crippen LogP contribution in [0.1, 0.15) is 32.6 Å². The Kier molecular flexibility index (Phi) is 5.02. The van der Waals surface area contributed by atoms with Gasteiger partial charge in [-0.15, -0.1) is 0 Å². The van der Waals surface area contributed by atoms with Crippen LogP contribution in [0.15, 0.2) is 0 Å². The lowest BCUT2D eigenvalue weighted by molar-refractivity contribution is 0.159. The molecule has 0 aromatic rings. The molecule has 0 unspecified atom stereocenters. The third kappa shape index (κ3) is 5.49. The Bertz CT molecular complexity index is 277. The smallest absolute Gasteiger partial charge is 0.208 e. The molecule has 4 nitrogen and oxygen atoms in total. The predicted molar refractivity (Wildman–Crippen MR) is 62.3 cm³/mol. The van der Waals surface area contributed by atoms with E-state index in [1.54, 1.807) is 0 Å². The maximum atomic E-state index is 10.8. The van der Waals surface area contributed by atoms with Crippen LogP contribution in [-0.2, 0) is 10.0 Å². The molecule has 1 atom stereocenters. The first-order valence-corrected chi connectivity index (χ1v) is 7.57. The second kappa shape index (κ2) is 5.82. The lowest BCUT2D eigenvalue weighted by Gasteiger charge is -2.33. The quantitative estimate of drug-likeness (QED) is 0.716. The minimum absolute atomic E-state index is 0.558. The molecule has 1 saturated heterocycles. The van der Waals surface area contributed by atoms with Gasteiger partial charge in [-0.3, -0.25) is 0 Å². The van der Waals surface area contributed by atoms with Gasteiger partial charge < -0.3 is 4.90 Å². The van der Waals surface area contributed by atoms with Crippen molar-refractivity contribution in [3.05, 3.63) is 0 Å². The van der Waals surface area contributed by atoms with Gasteiger partial charge in [-0.05, 0) is 39.3 Å². The molecule has 1 aliphatic heterocycles. The fourth-order valence-electron chi connectivity index (χ4n) is 2.03. The summed E-state index contributed by atoms with van der Waals surface area (Å²) in [5, 5.41) is 0. The van der Waals surface area contributed by atoms with Gasteiger partial charge in [0.05, 0.1) is 6.26 Å². The molecule has 0 spiro atoms. The summed E-state index contributed by atoms with van der Waals surface area (Å²) in [5.41, 5.74) is 0. The maximum absolute atomic E-state index is 10.8. The summed E-state index contributed by atoms with van der Waals surface area (Å²) in [4.78, 5) is 2.45. The van der Waals surface area contributed by atoms with Crippen LogP contribution in [0.4, 0.5) is 0 Å². The van der Waals surface area contributed by atoms with Crippen molar-refractivity contribution in [1.82, 2.24) is 9.62 Å². The van der Waals surface area contributed by atoms with E-state index in [9.17, 15) is 8.42 Å². The summed E-state index contributed by atoms with van der Waals surface area (Å²) < 4.78 is 24.2. The first kappa shape index (κ1) is 12.9. The number of nitrogens with zero attached hydrogens (tertiary/aromatic N) is 1. The van der Waals surface area contributed by atoms with Crippen molar-refractivity contribution in [2.45, 2.75) is 38.6 Å². The van der Waals surface area contributed by atoms with Crippen LogP contribution in [-0.4, -0.2) is 45.2 Å². The highest BCUT2D eigenvalue weighted by Gasteiger charge is 2.17. The molecule has 0 aromatic carbocycles. The van der Waals surface area contributed by atoms with Gasteiger partial charge in [0.25, 0.3) is 0 Å². The number of hydrogen-bond donors (Lipinski definition) is 1. The van der Waals surface area contributed by atoms with Crippen molar-refractivity contribution in [3.63, 3.8) is 0 Å². The van der Waals surface area contributed by atoms with Crippen molar-refractivity contribution in [3.8, 4) is 0 Å². The number of rotatable bonds is 5. The number of sulfonamides is 1. The SMILES string of the molecule is C[C@@H]1CCCCN1CCCNS(C)(=O)=O. The van der Waals surface area contributed by atoms with Crippen molar-refractivity contribution < 1.29 is 8.42 Å². The Labute approximate surface area is 93.1 Å². The van der Waals surface area contributed by atoms with E-state index in [0.717, 1.165) is 13.0 Å². The highest BCUT2D eigenvalue weighted by Crippen LogP contribution is 2.15. The van der Waals surface area contributed by atoms with E-state index in [0.29, 0.717) is 12.6 Å². The fraction of sp³-hybridized carbons (Fsp3) is 1.00. The first-order valence-electron chi connectivity index (χ1n) is 5.68. The van der Waals surface area contributed by atoms with Crippen LogP contribution >= 0.6 is 0 Å². The Hall–Kier alpha value is -0.130. The van der Waals surface area contributed by atoms with Crippen molar-refractivity contribution >= 4 is 10.0 Å². The van der Waals surface area contributed by atoms with E-state index in [4.69, 9.17) is 0 Å². The molecule has 1 fully saturated rings. The zero-order valence-corrected chi connectivity index (χ0v) is 10.5. The Balaban J connectivity index is 2.14. The second-order valence-electron chi connectivity index (χ2n) is 4.40. The molecule has 0 saturated carbocycles. The standard InChI is InChI=1S/C10H22N2O2S/c1-10-6-3-4-8-12(10)9-5-7-11-15(2,13)14/h10-11H,3-9H2,1-2H3/t10-/m1/s1. The fourth-order valence-corrected chi connectivity index (χ4v) is 2.54. The van der Waals surface area contributed by atoms with Crippen LogP contribution in [0.25, 0.3) is 0 Å². The Morgan fingerprint density at radius 2 is 2.13 bits per heavy atom. The van der Waals surface area contributed by atoms with Gasteiger partial charge in [-0.1, -0.05) is 6.42 Å². The molecular weight excluding hydrogens is 212 g/mol. The molecule has 0 amide bonds. The van der Waals surface area contributed by atoms with Crippen molar-refractivity contribution in [1.29, 1.82) is 0 Å². The normalized spacial score (nSPS) is 24.3. The van der Waals surface area contributed by atoms with E-state index in [1.807, 2.05) is 0 Å². The third-order valence-corrected chi connectivity index (χ3v) is 3.66. The van der Waals surface area contributed by atoms with Crippen LogP contribution in [0.2, 0.25) is 0 Å². The van der Waals surface area contributed by atoms with Gasteiger partial charge in [0.2, 0.25) is 10.0 Å². The molecule has 1 heterocycles. The predicted octanol–water partition coefficient (Wildman–Crippen LogP) is 0.800. The van der Waals surface area contributed by atoms with Gasteiger partial charge >= 0.3 is 0 Å². The highest BCUT2D eigenvalue weighted by molar-refractivity contribution is 7.88. The van der Waals surface area contributed by atoms with Gasteiger partial charge in [-0.25, -0.2) is 13.1 Å². The molecule has 0 radical (unpaired) electrons. The Morgan fingerprint density at radius 3 is 2.73 bits per heavy atom. The van der Waals surface area contributed by atoms with Crippen LogP contribution in [0.5, 0.6) is 0 Å².